The predicted molar refractivity (Wildman–Crippen MR) is 84.2 cm³/mol. The summed E-state index contributed by atoms with van der Waals surface area (Å²) < 4.78 is 9.41. The molecular formula is C15H20BrN3O. The molecule has 1 fully saturated rings. The van der Waals surface area contributed by atoms with Gasteiger partial charge in [-0.3, -0.25) is 0 Å². The number of halogens is 1. The number of nitrogens with one attached hydrogen (secondary N) is 1. The molecule has 1 aromatic heterocycles. The highest BCUT2D eigenvalue weighted by molar-refractivity contribution is 9.10. The molecule has 3 rings (SSSR count). The molecule has 20 heavy (non-hydrogen) atoms. The molecule has 2 heterocycles. The molecule has 1 N–H and O–H groups in total. The molecule has 2 atom stereocenters. The van der Waals surface area contributed by atoms with Crippen LogP contribution < -0.4 is 10.1 Å². The Labute approximate surface area is 127 Å². The van der Waals surface area contributed by atoms with Crippen molar-refractivity contribution in [2.75, 3.05) is 13.1 Å². The topological polar surface area (TPSA) is 39.1 Å². The highest BCUT2D eigenvalue weighted by atomic mass is 79.9. The third kappa shape index (κ3) is 2.56. The molecule has 0 radical (unpaired) electrons. The van der Waals surface area contributed by atoms with E-state index in [9.17, 15) is 0 Å². The molecule has 5 heteroatoms. The van der Waals surface area contributed by atoms with Crippen molar-refractivity contribution in [1.82, 2.24) is 14.9 Å². The summed E-state index contributed by atoms with van der Waals surface area (Å²) in [5, 5.41) is 3.40. The average Bonchev–Trinajstić information content (AvgIpc) is 3.07. The van der Waals surface area contributed by atoms with E-state index in [0.29, 0.717) is 5.92 Å². The second-order valence-electron chi connectivity index (χ2n) is 5.38. The second kappa shape index (κ2) is 5.74. The summed E-state index contributed by atoms with van der Waals surface area (Å²) >= 11 is 3.55. The summed E-state index contributed by atoms with van der Waals surface area (Å²) in [5.41, 5.74) is 2.07. The highest BCUT2D eigenvalue weighted by Gasteiger charge is 2.24. The number of fused-ring (bicyclic) bond motifs is 1. The third-order valence-electron chi connectivity index (χ3n) is 4.06. The lowest BCUT2D eigenvalue weighted by Crippen LogP contribution is -2.25. The molecule has 1 aliphatic heterocycles. The molecule has 0 saturated carbocycles. The van der Waals surface area contributed by atoms with Crippen molar-refractivity contribution in [1.29, 1.82) is 0 Å². The molecular weight excluding hydrogens is 318 g/mol. The van der Waals surface area contributed by atoms with Crippen molar-refractivity contribution in [3.63, 3.8) is 0 Å². The Hall–Kier alpha value is -1.07. The first-order valence-electron chi connectivity index (χ1n) is 7.20. The van der Waals surface area contributed by atoms with Gasteiger partial charge in [-0.2, -0.15) is 0 Å². The SMILES string of the molecule is CCn1cnc2cc(Br)cc(O[C@H](C)[C@@H]3CCNC3)c21. The largest absolute Gasteiger partial charge is 0.488 e. The Balaban J connectivity index is 1.94. The Morgan fingerprint density at radius 2 is 2.40 bits per heavy atom. The van der Waals surface area contributed by atoms with E-state index >= 15 is 0 Å². The van der Waals surface area contributed by atoms with Gasteiger partial charge in [0.1, 0.15) is 17.4 Å². The van der Waals surface area contributed by atoms with Gasteiger partial charge in [-0.25, -0.2) is 4.98 Å². The van der Waals surface area contributed by atoms with Crippen molar-refractivity contribution in [2.45, 2.75) is 32.9 Å². The Morgan fingerprint density at radius 1 is 1.55 bits per heavy atom. The van der Waals surface area contributed by atoms with Crippen LogP contribution in [0.2, 0.25) is 0 Å². The normalized spacial score (nSPS) is 20.4. The number of imidazole rings is 1. The second-order valence-corrected chi connectivity index (χ2v) is 6.29. The van der Waals surface area contributed by atoms with Crippen molar-refractivity contribution in [3.8, 4) is 5.75 Å². The van der Waals surface area contributed by atoms with Crippen molar-refractivity contribution >= 4 is 27.0 Å². The zero-order valence-electron chi connectivity index (χ0n) is 11.9. The average molecular weight is 338 g/mol. The van der Waals surface area contributed by atoms with Gasteiger partial charge in [-0.05, 0) is 38.9 Å². The number of hydrogen-bond acceptors (Lipinski definition) is 3. The maximum Gasteiger partial charge on any atom is 0.146 e. The van der Waals surface area contributed by atoms with Crippen LogP contribution in [0.4, 0.5) is 0 Å². The lowest BCUT2D eigenvalue weighted by atomic mass is 10.0. The fourth-order valence-electron chi connectivity index (χ4n) is 2.84. The van der Waals surface area contributed by atoms with Gasteiger partial charge in [0.15, 0.2) is 0 Å². The number of nitrogens with zero attached hydrogens (tertiary/aromatic N) is 2. The molecule has 0 spiro atoms. The Bertz CT molecular complexity index is 604. The van der Waals surface area contributed by atoms with Crippen molar-refractivity contribution in [3.05, 3.63) is 22.9 Å². The molecule has 2 aromatic rings. The summed E-state index contributed by atoms with van der Waals surface area (Å²) in [4.78, 5) is 4.46. The predicted octanol–water partition coefficient (Wildman–Crippen LogP) is 3.20. The number of aryl methyl sites for hydroxylation is 1. The first-order valence-corrected chi connectivity index (χ1v) is 8.00. The van der Waals surface area contributed by atoms with E-state index in [0.717, 1.165) is 40.9 Å². The van der Waals surface area contributed by atoms with Crippen molar-refractivity contribution in [2.24, 2.45) is 5.92 Å². The van der Waals surface area contributed by atoms with Crippen LogP contribution in [-0.2, 0) is 6.54 Å². The number of ether oxygens (including phenoxy) is 1. The van der Waals surface area contributed by atoms with E-state index in [1.54, 1.807) is 0 Å². The zero-order chi connectivity index (χ0) is 14.1. The summed E-state index contributed by atoms with van der Waals surface area (Å²) in [6.07, 6.45) is 3.28. The zero-order valence-corrected chi connectivity index (χ0v) is 13.5. The van der Waals surface area contributed by atoms with Gasteiger partial charge in [-0.15, -0.1) is 0 Å². The van der Waals surface area contributed by atoms with Gasteiger partial charge in [0.05, 0.1) is 11.8 Å². The Morgan fingerprint density at radius 3 is 3.10 bits per heavy atom. The molecule has 0 aliphatic carbocycles. The lowest BCUT2D eigenvalue weighted by molar-refractivity contribution is 0.162. The minimum Gasteiger partial charge on any atom is -0.488 e. The Kier molecular flexibility index (Phi) is 3.98. The molecule has 0 amide bonds. The first kappa shape index (κ1) is 13.9. The van der Waals surface area contributed by atoms with Gasteiger partial charge in [0.2, 0.25) is 0 Å². The van der Waals surface area contributed by atoms with Gasteiger partial charge >= 0.3 is 0 Å². The lowest BCUT2D eigenvalue weighted by Gasteiger charge is -2.21. The minimum atomic E-state index is 0.211. The molecule has 0 bridgehead atoms. The minimum absolute atomic E-state index is 0.211. The van der Waals surface area contributed by atoms with E-state index in [2.05, 4.69) is 50.7 Å². The molecule has 108 valence electrons. The van der Waals surface area contributed by atoms with Gasteiger partial charge in [0.25, 0.3) is 0 Å². The maximum absolute atomic E-state index is 6.26. The fraction of sp³-hybridized carbons (Fsp3) is 0.533. The highest BCUT2D eigenvalue weighted by Crippen LogP contribution is 2.31. The first-order chi connectivity index (χ1) is 9.69. The summed E-state index contributed by atoms with van der Waals surface area (Å²) in [5.74, 6) is 1.51. The van der Waals surface area contributed by atoms with Crippen LogP contribution in [0.5, 0.6) is 5.75 Å². The monoisotopic (exact) mass is 337 g/mol. The molecule has 1 aliphatic rings. The van der Waals surface area contributed by atoms with Gasteiger partial charge < -0.3 is 14.6 Å². The van der Waals surface area contributed by atoms with Crippen LogP contribution in [-0.4, -0.2) is 28.7 Å². The summed E-state index contributed by atoms with van der Waals surface area (Å²) in [7, 11) is 0. The number of benzene rings is 1. The molecule has 4 nitrogen and oxygen atoms in total. The molecule has 0 unspecified atom stereocenters. The maximum atomic E-state index is 6.26. The fourth-order valence-corrected chi connectivity index (χ4v) is 3.27. The standard InChI is InChI=1S/C15H20BrN3O/c1-3-19-9-18-13-6-12(16)7-14(15(13)19)20-10(2)11-4-5-17-8-11/h6-7,9-11,17H,3-5,8H2,1-2H3/t10-,11-/m1/s1. The summed E-state index contributed by atoms with van der Waals surface area (Å²) in [6, 6.07) is 4.09. The van der Waals surface area contributed by atoms with Crippen LogP contribution in [0.3, 0.4) is 0 Å². The van der Waals surface area contributed by atoms with Crippen LogP contribution in [0.1, 0.15) is 20.3 Å². The van der Waals surface area contributed by atoms with E-state index < -0.39 is 0 Å². The summed E-state index contributed by atoms with van der Waals surface area (Å²) in [6.45, 7) is 7.33. The van der Waals surface area contributed by atoms with Crippen LogP contribution in [0, 0.1) is 5.92 Å². The molecule has 1 aromatic carbocycles. The smallest absolute Gasteiger partial charge is 0.146 e. The van der Waals surface area contributed by atoms with E-state index in [-0.39, 0.29) is 6.10 Å². The van der Waals surface area contributed by atoms with Crippen LogP contribution in [0.15, 0.2) is 22.9 Å². The third-order valence-corrected chi connectivity index (χ3v) is 4.52. The number of rotatable bonds is 4. The number of aromatic nitrogens is 2. The van der Waals surface area contributed by atoms with E-state index in [1.807, 2.05) is 12.4 Å². The molecule has 1 saturated heterocycles. The van der Waals surface area contributed by atoms with Crippen molar-refractivity contribution < 1.29 is 4.74 Å². The van der Waals surface area contributed by atoms with E-state index in [4.69, 9.17) is 4.74 Å². The van der Waals surface area contributed by atoms with E-state index in [1.165, 1.54) is 6.42 Å². The van der Waals surface area contributed by atoms with Gasteiger partial charge in [-0.1, -0.05) is 15.9 Å². The quantitative estimate of drug-likeness (QED) is 0.931. The van der Waals surface area contributed by atoms with Gasteiger partial charge in [0, 0.05) is 23.5 Å². The number of hydrogen-bond donors (Lipinski definition) is 1. The van der Waals surface area contributed by atoms with Crippen LogP contribution in [0.25, 0.3) is 11.0 Å². The van der Waals surface area contributed by atoms with Crippen LogP contribution >= 0.6 is 15.9 Å².